The number of methoxy groups -OCH3 is 1. The Bertz CT molecular complexity index is 829. The number of rotatable bonds is 7. The van der Waals surface area contributed by atoms with Crippen LogP contribution in [-0.4, -0.2) is 25.5 Å². The van der Waals surface area contributed by atoms with Crippen LogP contribution in [0.25, 0.3) is 0 Å². The van der Waals surface area contributed by atoms with E-state index in [0.717, 1.165) is 44.1 Å². The second kappa shape index (κ2) is 9.04. The van der Waals surface area contributed by atoms with Crippen molar-refractivity contribution < 1.29 is 14.3 Å². The van der Waals surface area contributed by atoms with Gasteiger partial charge >= 0.3 is 0 Å². The topological polar surface area (TPSA) is 67.4 Å². The van der Waals surface area contributed by atoms with E-state index >= 15 is 0 Å². The summed E-state index contributed by atoms with van der Waals surface area (Å²) in [4.78, 5) is 26.9. The number of aryl methyl sites for hydroxylation is 1. The van der Waals surface area contributed by atoms with Crippen LogP contribution in [0.1, 0.15) is 63.8 Å². The fraction of sp³-hybridized carbons (Fsp3) is 0.429. The summed E-state index contributed by atoms with van der Waals surface area (Å²) >= 11 is 1.53. The molecule has 6 heteroatoms. The summed E-state index contributed by atoms with van der Waals surface area (Å²) in [6.07, 6.45) is 6.05. The monoisotopic (exact) mass is 386 g/mol. The first-order valence-electron chi connectivity index (χ1n) is 9.52. The van der Waals surface area contributed by atoms with E-state index in [0.29, 0.717) is 28.4 Å². The zero-order chi connectivity index (χ0) is 19.2. The van der Waals surface area contributed by atoms with Crippen LogP contribution in [0.2, 0.25) is 0 Å². The van der Waals surface area contributed by atoms with Crippen molar-refractivity contribution in [3.63, 3.8) is 0 Å². The lowest BCUT2D eigenvalue weighted by Crippen LogP contribution is -2.26. The van der Waals surface area contributed by atoms with Crippen LogP contribution in [0.3, 0.4) is 0 Å². The molecule has 0 bridgehead atoms. The van der Waals surface area contributed by atoms with Crippen molar-refractivity contribution in [2.45, 2.75) is 45.4 Å². The Hall–Kier alpha value is -2.34. The number of carbonyl (C=O) groups is 2. The first kappa shape index (κ1) is 19.4. The Kier molecular flexibility index (Phi) is 6.50. The van der Waals surface area contributed by atoms with Crippen molar-refractivity contribution in [1.29, 1.82) is 0 Å². The molecule has 0 spiro atoms. The summed E-state index contributed by atoms with van der Waals surface area (Å²) in [5.74, 6) is 0.178. The van der Waals surface area contributed by atoms with Gasteiger partial charge in [0.05, 0.1) is 18.2 Å². The van der Waals surface area contributed by atoms with Gasteiger partial charge in [-0.25, -0.2) is 0 Å². The van der Waals surface area contributed by atoms with Gasteiger partial charge in [0.15, 0.2) is 0 Å². The van der Waals surface area contributed by atoms with Crippen molar-refractivity contribution in [2.75, 3.05) is 19.0 Å². The molecule has 1 aromatic carbocycles. The molecule has 5 nitrogen and oxygen atoms in total. The lowest BCUT2D eigenvalue weighted by atomic mass is 9.95. The highest BCUT2D eigenvalue weighted by Crippen LogP contribution is 2.38. The van der Waals surface area contributed by atoms with Gasteiger partial charge in [0.2, 0.25) is 0 Å². The van der Waals surface area contributed by atoms with Gasteiger partial charge in [0.1, 0.15) is 10.8 Å². The average Bonchev–Trinajstić information content (AvgIpc) is 3.05. The van der Waals surface area contributed by atoms with Crippen molar-refractivity contribution in [3.8, 4) is 5.75 Å². The van der Waals surface area contributed by atoms with Crippen molar-refractivity contribution in [2.24, 2.45) is 0 Å². The lowest BCUT2D eigenvalue weighted by Gasteiger charge is -2.13. The fourth-order valence-electron chi connectivity index (χ4n) is 3.36. The van der Waals surface area contributed by atoms with Gasteiger partial charge < -0.3 is 15.4 Å². The van der Waals surface area contributed by atoms with E-state index < -0.39 is 0 Å². The van der Waals surface area contributed by atoms with Gasteiger partial charge in [-0.15, -0.1) is 11.3 Å². The SMILES string of the molecule is CCCCNC(=O)c1c(NC(=O)c2ccccc2OC)sc2c1CCCC2. The van der Waals surface area contributed by atoms with E-state index in [1.165, 1.54) is 16.2 Å². The predicted molar refractivity (Wildman–Crippen MR) is 109 cm³/mol. The third kappa shape index (κ3) is 4.33. The number of hydrogen-bond donors (Lipinski definition) is 2. The molecule has 2 aromatic rings. The Labute approximate surface area is 164 Å². The number of fused-ring (bicyclic) bond motifs is 1. The molecule has 2 amide bonds. The maximum absolute atomic E-state index is 12.8. The highest BCUT2D eigenvalue weighted by atomic mass is 32.1. The zero-order valence-corrected chi connectivity index (χ0v) is 16.7. The van der Waals surface area contributed by atoms with Gasteiger partial charge in [-0.1, -0.05) is 25.5 Å². The normalized spacial score (nSPS) is 13.0. The number of ether oxygens (including phenoxy) is 1. The quantitative estimate of drug-likeness (QED) is 0.692. The highest BCUT2D eigenvalue weighted by molar-refractivity contribution is 7.17. The Morgan fingerprint density at radius 2 is 1.93 bits per heavy atom. The lowest BCUT2D eigenvalue weighted by molar-refractivity contribution is 0.0953. The Morgan fingerprint density at radius 1 is 1.15 bits per heavy atom. The third-order valence-electron chi connectivity index (χ3n) is 4.79. The minimum absolute atomic E-state index is 0.0850. The Morgan fingerprint density at radius 3 is 2.70 bits per heavy atom. The van der Waals surface area contributed by atoms with E-state index in [1.807, 2.05) is 6.07 Å². The maximum atomic E-state index is 12.8. The van der Waals surface area contributed by atoms with Crippen molar-refractivity contribution in [3.05, 3.63) is 45.8 Å². The number of carbonyl (C=O) groups excluding carboxylic acids is 2. The first-order chi connectivity index (χ1) is 13.2. The molecule has 144 valence electrons. The van der Waals surface area contributed by atoms with E-state index in [-0.39, 0.29) is 11.8 Å². The molecule has 1 heterocycles. The van der Waals surface area contributed by atoms with Crippen molar-refractivity contribution in [1.82, 2.24) is 5.32 Å². The summed E-state index contributed by atoms with van der Waals surface area (Å²) in [7, 11) is 1.54. The van der Waals surface area contributed by atoms with Gasteiger partial charge in [-0.2, -0.15) is 0 Å². The Balaban J connectivity index is 1.89. The van der Waals surface area contributed by atoms with E-state index in [4.69, 9.17) is 4.74 Å². The molecule has 1 aromatic heterocycles. The second-order valence-electron chi connectivity index (χ2n) is 6.68. The van der Waals surface area contributed by atoms with Crippen LogP contribution in [0.4, 0.5) is 5.00 Å². The molecule has 1 aliphatic carbocycles. The molecule has 1 aliphatic rings. The summed E-state index contributed by atoms with van der Waals surface area (Å²) in [6.45, 7) is 2.75. The van der Waals surface area contributed by atoms with Gasteiger partial charge in [-0.3, -0.25) is 9.59 Å². The number of amides is 2. The smallest absolute Gasteiger partial charge is 0.260 e. The summed E-state index contributed by atoms with van der Waals surface area (Å²) in [5, 5.41) is 6.62. The minimum Gasteiger partial charge on any atom is -0.496 e. The largest absolute Gasteiger partial charge is 0.496 e. The maximum Gasteiger partial charge on any atom is 0.260 e. The molecule has 0 aliphatic heterocycles. The summed E-state index contributed by atoms with van der Waals surface area (Å²) < 4.78 is 5.29. The molecular formula is C21H26N2O3S. The number of nitrogens with one attached hydrogen (secondary N) is 2. The van der Waals surface area contributed by atoms with Crippen LogP contribution < -0.4 is 15.4 Å². The van der Waals surface area contributed by atoms with E-state index in [1.54, 1.807) is 25.3 Å². The third-order valence-corrected chi connectivity index (χ3v) is 6.00. The van der Waals surface area contributed by atoms with Crippen molar-refractivity contribution >= 4 is 28.2 Å². The molecule has 0 saturated heterocycles. The van der Waals surface area contributed by atoms with Crippen LogP contribution in [0.15, 0.2) is 24.3 Å². The standard InChI is InChI=1S/C21H26N2O3S/c1-3-4-13-22-20(25)18-15-10-6-8-12-17(15)27-21(18)23-19(24)14-9-5-7-11-16(14)26-2/h5,7,9,11H,3-4,6,8,10,12-13H2,1-2H3,(H,22,25)(H,23,24). The van der Waals surface area contributed by atoms with Gasteiger partial charge in [0, 0.05) is 11.4 Å². The minimum atomic E-state index is -0.256. The number of unbranched alkanes of at least 4 members (excludes halogenated alkanes) is 1. The number of hydrogen-bond acceptors (Lipinski definition) is 4. The molecule has 0 radical (unpaired) electrons. The molecule has 27 heavy (non-hydrogen) atoms. The fourth-order valence-corrected chi connectivity index (χ4v) is 4.65. The van der Waals surface area contributed by atoms with Crippen LogP contribution in [0.5, 0.6) is 5.75 Å². The molecule has 0 unspecified atom stereocenters. The highest BCUT2D eigenvalue weighted by Gasteiger charge is 2.26. The van der Waals surface area contributed by atoms with Gasteiger partial charge in [-0.05, 0) is 49.8 Å². The molecule has 3 rings (SSSR count). The molecular weight excluding hydrogens is 360 g/mol. The summed E-state index contributed by atoms with van der Waals surface area (Å²) in [5.41, 5.74) is 2.22. The molecule has 2 N–H and O–H groups in total. The number of thiophene rings is 1. The average molecular weight is 387 g/mol. The van der Waals surface area contributed by atoms with Crippen LogP contribution in [-0.2, 0) is 12.8 Å². The number of anilines is 1. The second-order valence-corrected chi connectivity index (χ2v) is 7.78. The van der Waals surface area contributed by atoms with Crippen LogP contribution in [0, 0.1) is 0 Å². The summed E-state index contributed by atoms with van der Waals surface area (Å²) in [6, 6.07) is 7.11. The first-order valence-corrected chi connectivity index (χ1v) is 10.3. The van der Waals surface area contributed by atoms with E-state index in [9.17, 15) is 9.59 Å². The van der Waals surface area contributed by atoms with Gasteiger partial charge in [0.25, 0.3) is 11.8 Å². The molecule has 0 saturated carbocycles. The molecule has 0 fully saturated rings. The number of para-hydroxylation sites is 1. The zero-order valence-electron chi connectivity index (χ0n) is 15.9. The van der Waals surface area contributed by atoms with Crippen LogP contribution >= 0.6 is 11.3 Å². The number of benzene rings is 1. The predicted octanol–water partition coefficient (Wildman–Crippen LogP) is 4.42. The molecule has 0 atom stereocenters. The van der Waals surface area contributed by atoms with E-state index in [2.05, 4.69) is 17.6 Å².